The van der Waals surface area contributed by atoms with Crippen molar-refractivity contribution in [1.82, 2.24) is 5.32 Å². The van der Waals surface area contributed by atoms with E-state index in [1.54, 1.807) is 6.92 Å². The first-order chi connectivity index (χ1) is 27.1. The summed E-state index contributed by atoms with van der Waals surface area (Å²) in [6.45, 7) is 2.30. The monoisotopic (exact) mass is 808 g/mol. The van der Waals surface area contributed by atoms with Crippen LogP contribution in [0.2, 0.25) is 0 Å². The Kier molecular flexibility index (Phi) is 28.3. The van der Waals surface area contributed by atoms with Gasteiger partial charge in [-0.2, -0.15) is 0 Å². The van der Waals surface area contributed by atoms with E-state index >= 15 is 0 Å². The molecule has 2 heterocycles. The minimum absolute atomic E-state index is 0.188. The van der Waals surface area contributed by atoms with E-state index in [4.69, 9.17) is 18.9 Å². The van der Waals surface area contributed by atoms with E-state index in [1.807, 2.05) is 0 Å². The Morgan fingerprint density at radius 1 is 0.571 bits per heavy atom. The normalized spacial score (nSPS) is 29.3. The fourth-order valence-corrected chi connectivity index (χ4v) is 7.61. The number of aliphatic hydroxyl groups excluding tert-OH is 8. The standard InChI is InChI=1S/C42H81NO13/c1-3-5-6-7-8-9-10-11-12-13-14-15-16-17-18-19-20-21-22-23-24-25-26-31(46)30(43-34(47)4-2)29-53-41-39(52)37(50)40(33(28-45)55-41)56-42-38(51)36(49)35(48)32(27-44)54-42/h30-33,35-42,44-46,48-52H,3-29H2,1-2H3,(H,43,47). The van der Waals surface area contributed by atoms with E-state index in [0.29, 0.717) is 6.42 Å². The Labute approximate surface area is 336 Å². The summed E-state index contributed by atoms with van der Waals surface area (Å²) in [5, 5.41) is 85.4. The zero-order chi connectivity index (χ0) is 41.1. The summed E-state index contributed by atoms with van der Waals surface area (Å²) >= 11 is 0. The molecule has 0 spiro atoms. The van der Waals surface area contributed by atoms with E-state index in [2.05, 4.69) is 12.2 Å². The molecule has 2 fully saturated rings. The topological polar surface area (TPSA) is 228 Å². The van der Waals surface area contributed by atoms with Crippen LogP contribution >= 0.6 is 0 Å². The Hall–Kier alpha value is -1.01. The van der Waals surface area contributed by atoms with Crippen LogP contribution in [0.3, 0.4) is 0 Å². The molecule has 14 nitrogen and oxygen atoms in total. The summed E-state index contributed by atoms with van der Waals surface area (Å²) in [4.78, 5) is 12.3. The third-order valence-electron chi connectivity index (χ3n) is 11.4. The van der Waals surface area contributed by atoms with Crippen molar-refractivity contribution in [1.29, 1.82) is 0 Å². The smallest absolute Gasteiger partial charge is 0.220 e. The fourth-order valence-electron chi connectivity index (χ4n) is 7.61. The van der Waals surface area contributed by atoms with Gasteiger partial charge in [-0.25, -0.2) is 0 Å². The highest BCUT2D eigenvalue weighted by atomic mass is 16.7. The zero-order valence-electron chi connectivity index (χ0n) is 34.6. The lowest BCUT2D eigenvalue weighted by atomic mass is 9.97. The summed E-state index contributed by atoms with van der Waals surface area (Å²) in [5.41, 5.74) is 0. The average molecular weight is 808 g/mol. The third-order valence-corrected chi connectivity index (χ3v) is 11.4. The van der Waals surface area contributed by atoms with Crippen molar-refractivity contribution in [3.8, 4) is 0 Å². The van der Waals surface area contributed by atoms with Gasteiger partial charge in [0.25, 0.3) is 0 Å². The second-order valence-electron chi connectivity index (χ2n) is 16.1. The molecule has 2 aliphatic heterocycles. The molecule has 14 heteroatoms. The fraction of sp³-hybridized carbons (Fsp3) is 0.976. The minimum atomic E-state index is -1.77. The highest BCUT2D eigenvalue weighted by molar-refractivity contribution is 5.75. The number of hydrogen-bond acceptors (Lipinski definition) is 13. The van der Waals surface area contributed by atoms with Gasteiger partial charge in [-0.3, -0.25) is 4.79 Å². The summed E-state index contributed by atoms with van der Waals surface area (Å²) < 4.78 is 22.4. The highest BCUT2D eigenvalue weighted by Crippen LogP contribution is 2.30. The van der Waals surface area contributed by atoms with Crippen LogP contribution in [0.15, 0.2) is 0 Å². The van der Waals surface area contributed by atoms with Crippen molar-refractivity contribution in [2.24, 2.45) is 0 Å². The number of carbonyl (C=O) groups is 1. The van der Waals surface area contributed by atoms with Crippen molar-refractivity contribution in [3.05, 3.63) is 0 Å². The van der Waals surface area contributed by atoms with Crippen molar-refractivity contribution < 1.29 is 64.6 Å². The maximum atomic E-state index is 12.3. The van der Waals surface area contributed by atoms with Gasteiger partial charge in [0.2, 0.25) is 5.91 Å². The summed E-state index contributed by atoms with van der Waals surface area (Å²) in [7, 11) is 0. The second kappa shape index (κ2) is 30.9. The molecule has 2 rings (SSSR count). The summed E-state index contributed by atoms with van der Waals surface area (Å²) in [6.07, 6.45) is 12.4. The van der Waals surface area contributed by atoms with Crippen LogP contribution in [0.5, 0.6) is 0 Å². The van der Waals surface area contributed by atoms with Crippen molar-refractivity contribution in [3.63, 3.8) is 0 Å². The van der Waals surface area contributed by atoms with Crippen LogP contribution in [0.4, 0.5) is 0 Å². The lowest BCUT2D eigenvalue weighted by Gasteiger charge is -2.46. The van der Waals surface area contributed by atoms with Crippen LogP contribution < -0.4 is 5.32 Å². The molecule has 2 saturated heterocycles. The number of hydrogen-bond donors (Lipinski definition) is 9. The zero-order valence-corrected chi connectivity index (χ0v) is 34.6. The Morgan fingerprint density at radius 3 is 1.45 bits per heavy atom. The quantitative estimate of drug-likeness (QED) is 0.0430. The molecular weight excluding hydrogens is 726 g/mol. The molecule has 0 bridgehead atoms. The molecule has 0 aromatic heterocycles. The number of ether oxygens (including phenoxy) is 4. The van der Waals surface area contributed by atoms with Crippen LogP contribution in [0.25, 0.3) is 0 Å². The van der Waals surface area contributed by atoms with E-state index < -0.39 is 86.8 Å². The van der Waals surface area contributed by atoms with E-state index in [-0.39, 0.29) is 18.9 Å². The molecule has 0 aromatic carbocycles. The van der Waals surface area contributed by atoms with Gasteiger partial charge in [-0.1, -0.05) is 155 Å². The number of unbranched alkanes of at least 4 members (excludes halogenated alkanes) is 21. The van der Waals surface area contributed by atoms with Crippen LogP contribution in [-0.4, -0.2) is 140 Å². The van der Waals surface area contributed by atoms with Gasteiger partial charge in [0.1, 0.15) is 48.8 Å². The molecule has 1 amide bonds. The second-order valence-corrected chi connectivity index (χ2v) is 16.1. The molecule has 9 N–H and O–H groups in total. The largest absolute Gasteiger partial charge is 0.394 e. The molecule has 2 aliphatic rings. The third kappa shape index (κ3) is 19.4. The molecular formula is C42H81NO13. The Balaban J connectivity index is 1.61. The number of carbonyl (C=O) groups excluding carboxylic acids is 1. The van der Waals surface area contributed by atoms with E-state index in [1.165, 1.54) is 116 Å². The lowest BCUT2D eigenvalue weighted by Crippen LogP contribution is -2.65. The SMILES string of the molecule is CCCCCCCCCCCCCCCCCCCCCCCCC(O)C(COC1OC(CO)C(OC2OC(CO)C(O)C(O)C2O)C(O)C1O)NC(=O)CC. The first-order valence-electron chi connectivity index (χ1n) is 22.3. The van der Waals surface area contributed by atoms with Crippen LogP contribution in [0.1, 0.15) is 168 Å². The van der Waals surface area contributed by atoms with Crippen molar-refractivity contribution in [2.75, 3.05) is 19.8 Å². The molecule has 12 unspecified atom stereocenters. The predicted molar refractivity (Wildman–Crippen MR) is 212 cm³/mol. The van der Waals surface area contributed by atoms with Gasteiger partial charge in [0, 0.05) is 6.42 Å². The number of nitrogens with one attached hydrogen (secondary N) is 1. The van der Waals surface area contributed by atoms with Crippen molar-refractivity contribution in [2.45, 2.75) is 242 Å². The van der Waals surface area contributed by atoms with Gasteiger partial charge >= 0.3 is 0 Å². The summed E-state index contributed by atoms with van der Waals surface area (Å²) in [5.74, 6) is -0.293. The van der Waals surface area contributed by atoms with Gasteiger partial charge in [0.15, 0.2) is 12.6 Å². The van der Waals surface area contributed by atoms with Gasteiger partial charge in [0.05, 0.1) is 32.0 Å². The highest BCUT2D eigenvalue weighted by Gasteiger charge is 2.50. The molecule has 0 saturated carbocycles. The average Bonchev–Trinajstić information content (AvgIpc) is 3.20. The molecule has 0 aromatic rings. The first kappa shape index (κ1) is 51.1. The predicted octanol–water partition coefficient (Wildman–Crippen LogP) is 3.88. The number of rotatable bonds is 33. The van der Waals surface area contributed by atoms with Crippen LogP contribution in [0, 0.1) is 0 Å². The maximum absolute atomic E-state index is 12.3. The molecule has 12 atom stereocenters. The summed E-state index contributed by atoms with van der Waals surface area (Å²) in [6, 6.07) is -0.819. The Bertz CT molecular complexity index is 962. The molecule has 0 radical (unpaired) electrons. The molecule has 0 aliphatic carbocycles. The van der Waals surface area contributed by atoms with E-state index in [9.17, 15) is 45.6 Å². The molecule has 332 valence electrons. The number of aliphatic hydroxyl groups is 8. The first-order valence-corrected chi connectivity index (χ1v) is 22.3. The van der Waals surface area contributed by atoms with Gasteiger partial charge in [-0.05, 0) is 6.42 Å². The number of amides is 1. The van der Waals surface area contributed by atoms with E-state index in [0.717, 1.165) is 25.7 Å². The van der Waals surface area contributed by atoms with Crippen LogP contribution in [-0.2, 0) is 23.7 Å². The van der Waals surface area contributed by atoms with Crippen molar-refractivity contribution >= 4 is 5.91 Å². The van der Waals surface area contributed by atoms with Gasteiger partial charge < -0.3 is 65.1 Å². The lowest BCUT2D eigenvalue weighted by molar-refractivity contribution is -0.359. The maximum Gasteiger partial charge on any atom is 0.220 e. The minimum Gasteiger partial charge on any atom is -0.394 e. The van der Waals surface area contributed by atoms with Gasteiger partial charge in [-0.15, -0.1) is 0 Å². The Morgan fingerprint density at radius 2 is 1.00 bits per heavy atom. The molecule has 56 heavy (non-hydrogen) atoms.